The van der Waals surface area contributed by atoms with Crippen molar-refractivity contribution in [3.8, 4) is 0 Å². The number of nitrogens with zero attached hydrogens (tertiary/aromatic N) is 2. The Morgan fingerprint density at radius 2 is 2.00 bits per heavy atom. The maximum absolute atomic E-state index is 10.6. The summed E-state index contributed by atoms with van der Waals surface area (Å²) in [6.07, 6.45) is 0. The zero-order valence-corrected chi connectivity index (χ0v) is 5.96. The summed E-state index contributed by atoms with van der Waals surface area (Å²) in [4.78, 5) is 12.0. The average molecular weight is 145 g/mol. The van der Waals surface area contributed by atoms with Crippen LogP contribution in [0.3, 0.4) is 0 Å². The van der Waals surface area contributed by atoms with E-state index in [9.17, 15) is 4.79 Å². The van der Waals surface area contributed by atoms with E-state index >= 15 is 0 Å². The molecule has 0 unspecified atom stereocenters. The third kappa shape index (κ3) is 3.53. The standard InChI is InChI=1S/C4H11N5O/c1-9(2)4(10)8-7-3(5)6/h1-2H3,(H,8,10)(H4,5,6,7). The summed E-state index contributed by atoms with van der Waals surface area (Å²) in [7, 11) is 3.16. The first-order chi connectivity index (χ1) is 4.54. The molecule has 10 heavy (non-hydrogen) atoms. The number of hydrazone groups is 1. The molecular weight excluding hydrogens is 134 g/mol. The van der Waals surface area contributed by atoms with Crippen molar-refractivity contribution >= 4 is 12.0 Å². The molecule has 0 aromatic carbocycles. The van der Waals surface area contributed by atoms with Crippen molar-refractivity contribution in [3.63, 3.8) is 0 Å². The number of hydrogen-bond acceptors (Lipinski definition) is 2. The molecule has 2 amide bonds. The van der Waals surface area contributed by atoms with E-state index in [0.717, 1.165) is 0 Å². The van der Waals surface area contributed by atoms with Crippen LogP contribution in [0.4, 0.5) is 4.79 Å². The van der Waals surface area contributed by atoms with Crippen LogP contribution in [0.25, 0.3) is 0 Å². The molecule has 0 aliphatic rings. The summed E-state index contributed by atoms with van der Waals surface area (Å²) in [5, 5.41) is 3.28. The minimum absolute atomic E-state index is 0.171. The lowest BCUT2D eigenvalue weighted by molar-refractivity contribution is 0.218. The van der Waals surface area contributed by atoms with Gasteiger partial charge in [0.25, 0.3) is 0 Å². The van der Waals surface area contributed by atoms with E-state index in [1.807, 2.05) is 0 Å². The summed E-state index contributed by atoms with van der Waals surface area (Å²) in [6.45, 7) is 0. The molecule has 6 nitrogen and oxygen atoms in total. The first kappa shape index (κ1) is 8.54. The Morgan fingerprint density at radius 3 is 2.30 bits per heavy atom. The molecule has 0 heterocycles. The number of guanidine groups is 1. The van der Waals surface area contributed by atoms with E-state index in [4.69, 9.17) is 11.5 Å². The highest BCUT2D eigenvalue weighted by Crippen LogP contribution is 1.74. The van der Waals surface area contributed by atoms with Gasteiger partial charge in [-0.25, -0.2) is 10.2 Å². The molecule has 0 aromatic rings. The fourth-order valence-corrected chi connectivity index (χ4v) is 0.212. The van der Waals surface area contributed by atoms with Crippen LogP contribution in [0.15, 0.2) is 5.10 Å². The molecule has 0 spiro atoms. The third-order valence-corrected chi connectivity index (χ3v) is 0.687. The summed E-state index contributed by atoms with van der Waals surface area (Å²) < 4.78 is 0. The Balaban J connectivity index is 3.71. The van der Waals surface area contributed by atoms with E-state index in [-0.39, 0.29) is 12.0 Å². The molecule has 0 rings (SSSR count). The van der Waals surface area contributed by atoms with Crippen molar-refractivity contribution in [1.29, 1.82) is 0 Å². The Bertz CT molecular complexity index is 148. The monoisotopic (exact) mass is 145 g/mol. The zero-order valence-electron chi connectivity index (χ0n) is 5.96. The number of nitrogens with two attached hydrogens (primary N) is 2. The lowest BCUT2D eigenvalue weighted by Crippen LogP contribution is -2.34. The zero-order chi connectivity index (χ0) is 8.15. The quantitative estimate of drug-likeness (QED) is 0.236. The van der Waals surface area contributed by atoms with Crippen molar-refractivity contribution in [1.82, 2.24) is 10.3 Å². The van der Waals surface area contributed by atoms with Crippen molar-refractivity contribution in [3.05, 3.63) is 0 Å². The molecule has 58 valence electrons. The van der Waals surface area contributed by atoms with Crippen molar-refractivity contribution in [2.45, 2.75) is 0 Å². The number of amides is 2. The van der Waals surface area contributed by atoms with Gasteiger partial charge in [-0.15, -0.1) is 5.10 Å². The van der Waals surface area contributed by atoms with E-state index in [1.54, 1.807) is 14.1 Å². The molecule has 0 bridgehead atoms. The number of hydrogen-bond donors (Lipinski definition) is 3. The van der Waals surface area contributed by atoms with Gasteiger partial charge in [0.1, 0.15) is 0 Å². The van der Waals surface area contributed by atoms with Crippen LogP contribution in [0, 0.1) is 0 Å². The third-order valence-electron chi connectivity index (χ3n) is 0.687. The van der Waals surface area contributed by atoms with E-state index in [1.165, 1.54) is 4.90 Å². The lowest BCUT2D eigenvalue weighted by atomic mass is 10.8. The number of carbonyl (C=O) groups is 1. The van der Waals surface area contributed by atoms with E-state index in [2.05, 4.69) is 10.5 Å². The Hall–Kier alpha value is -1.46. The Kier molecular flexibility index (Phi) is 3.03. The largest absolute Gasteiger partial charge is 0.369 e. The van der Waals surface area contributed by atoms with Crippen molar-refractivity contribution in [2.75, 3.05) is 14.1 Å². The van der Waals surface area contributed by atoms with E-state index in [0.29, 0.717) is 0 Å². The highest BCUT2D eigenvalue weighted by Gasteiger charge is 1.98. The van der Waals surface area contributed by atoms with Crippen LogP contribution in [-0.2, 0) is 0 Å². The van der Waals surface area contributed by atoms with Gasteiger partial charge in [0.2, 0.25) is 5.96 Å². The lowest BCUT2D eigenvalue weighted by Gasteiger charge is -2.07. The molecule has 0 aliphatic carbocycles. The fraction of sp³-hybridized carbons (Fsp3) is 0.500. The fourth-order valence-electron chi connectivity index (χ4n) is 0.212. The van der Waals surface area contributed by atoms with Crippen molar-refractivity contribution in [2.24, 2.45) is 16.6 Å². The Morgan fingerprint density at radius 1 is 1.50 bits per heavy atom. The smallest absolute Gasteiger partial charge is 0.337 e. The van der Waals surface area contributed by atoms with E-state index < -0.39 is 0 Å². The van der Waals surface area contributed by atoms with Crippen LogP contribution >= 0.6 is 0 Å². The second-order valence-electron chi connectivity index (χ2n) is 1.85. The number of rotatable bonds is 1. The Labute approximate surface area is 58.9 Å². The van der Waals surface area contributed by atoms with Gasteiger partial charge in [0.05, 0.1) is 0 Å². The molecule has 0 saturated carbocycles. The van der Waals surface area contributed by atoms with Gasteiger partial charge in [-0.05, 0) is 0 Å². The first-order valence-electron chi connectivity index (χ1n) is 2.60. The van der Waals surface area contributed by atoms with Crippen LogP contribution in [0.5, 0.6) is 0 Å². The summed E-state index contributed by atoms with van der Waals surface area (Å²) >= 11 is 0. The number of nitrogens with one attached hydrogen (secondary N) is 1. The normalized spacial score (nSPS) is 8.20. The molecule has 6 heteroatoms. The van der Waals surface area contributed by atoms with Crippen LogP contribution in [0.2, 0.25) is 0 Å². The minimum Gasteiger partial charge on any atom is -0.369 e. The SMILES string of the molecule is CN(C)C(=O)NN=C(N)N. The highest BCUT2D eigenvalue weighted by atomic mass is 16.2. The van der Waals surface area contributed by atoms with Gasteiger partial charge < -0.3 is 16.4 Å². The molecular formula is C4H11N5O. The van der Waals surface area contributed by atoms with Crippen LogP contribution < -0.4 is 16.9 Å². The molecule has 0 aromatic heterocycles. The van der Waals surface area contributed by atoms with Gasteiger partial charge in [0, 0.05) is 14.1 Å². The van der Waals surface area contributed by atoms with Gasteiger partial charge in [0.15, 0.2) is 0 Å². The predicted molar refractivity (Wildman–Crippen MR) is 38.0 cm³/mol. The average Bonchev–Trinajstić information content (AvgIpc) is 1.82. The summed E-state index contributed by atoms with van der Waals surface area (Å²) in [5.74, 6) is -0.171. The molecule has 0 atom stereocenters. The van der Waals surface area contributed by atoms with Gasteiger partial charge >= 0.3 is 6.03 Å². The van der Waals surface area contributed by atoms with Crippen molar-refractivity contribution < 1.29 is 4.79 Å². The molecule has 0 saturated heterocycles. The summed E-state index contributed by atoms with van der Waals surface area (Å²) in [5.41, 5.74) is 12.0. The second-order valence-corrected chi connectivity index (χ2v) is 1.85. The maximum atomic E-state index is 10.6. The molecule has 0 radical (unpaired) electrons. The second kappa shape index (κ2) is 3.54. The van der Waals surface area contributed by atoms with Crippen LogP contribution in [0.1, 0.15) is 0 Å². The molecule has 5 N–H and O–H groups in total. The minimum atomic E-state index is -0.367. The molecule has 0 aliphatic heterocycles. The number of urea groups is 1. The number of carbonyl (C=O) groups excluding carboxylic acids is 1. The van der Waals surface area contributed by atoms with Crippen LogP contribution in [-0.4, -0.2) is 31.0 Å². The van der Waals surface area contributed by atoms with Gasteiger partial charge in [-0.2, -0.15) is 0 Å². The molecule has 0 fully saturated rings. The maximum Gasteiger partial charge on any atom is 0.337 e. The topological polar surface area (TPSA) is 96.7 Å². The highest BCUT2D eigenvalue weighted by molar-refractivity contribution is 5.79. The predicted octanol–water partition coefficient (Wildman–Crippen LogP) is -1.55. The first-order valence-corrected chi connectivity index (χ1v) is 2.60. The summed E-state index contributed by atoms with van der Waals surface area (Å²) in [6, 6.07) is -0.367. The van der Waals surface area contributed by atoms with Gasteiger partial charge in [-0.1, -0.05) is 0 Å². The van der Waals surface area contributed by atoms with Gasteiger partial charge in [-0.3, -0.25) is 0 Å².